The van der Waals surface area contributed by atoms with Gasteiger partial charge in [0.2, 0.25) is 0 Å². The Kier molecular flexibility index (Phi) is 4.68. The summed E-state index contributed by atoms with van der Waals surface area (Å²) in [5.74, 6) is 1.32. The van der Waals surface area contributed by atoms with Gasteiger partial charge in [-0.15, -0.1) is 0 Å². The van der Waals surface area contributed by atoms with Crippen LogP contribution in [-0.2, 0) is 11.4 Å². The Bertz CT molecular complexity index is 331. The molecule has 0 fully saturated rings. The van der Waals surface area contributed by atoms with Crippen LogP contribution in [0.15, 0.2) is 12.1 Å². The van der Waals surface area contributed by atoms with E-state index in [0.29, 0.717) is 23.1 Å². The van der Waals surface area contributed by atoms with Crippen LogP contribution in [0.4, 0.5) is 0 Å². The molecule has 0 heterocycles. The molecule has 5 heteroatoms. The molecule has 0 saturated heterocycles. The zero-order chi connectivity index (χ0) is 11.3. The fourth-order valence-corrected chi connectivity index (χ4v) is 1.44. The van der Waals surface area contributed by atoms with Crippen LogP contribution < -0.4 is 15.0 Å². The summed E-state index contributed by atoms with van der Waals surface area (Å²) in [4.78, 5) is 4.77. The number of hydrogen-bond acceptors (Lipinski definition) is 4. The summed E-state index contributed by atoms with van der Waals surface area (Å²) in [6.45, 7) is 0.521. The van der Waals surface area contributed by atoms with Gasteiger partial charge in [-0.3, -0.25) is 0 Å². The smallest absolute Gasteiger partial charge is 0.138 e. The van der Waals surface area contributed by atoms with Gasteiger partial charge in [0.15, 0.2) is 0 Å². The Morgan fingerprint density at radius 3 is 2.33 bits per heavy atom. The van der Waals surface area contributed by atoms with E-state index in [2.05, 4.69) is 5.48 Å². The van der Waals surface area contributed by atoms with E-state index in [0.717, 1.165) is 5.56 Å². The summed E-state index contributed by atoms with van der Waals surface area (Å²) in [5.41, 5.74) is 3.65. The van der Waals surface area contributed by atoms with Crippen molar-refractivity contribution in [1.82, 2.24) is 5.48 Å². The van der Waals surface area contributed by atoms with Crippen LogP contribution in [0.5, 0.6) is 11.5 Å². The fraction of sp³-hybridized carbons (Fsp3) is 0.400. The third kappa shape index (κ3) is 2.99. The van der Waals surface area contributed by atoms with Crippen molar-refractivity contribution in [2.24, 2.45) is 0 Å². The van der Waals surface area contributed by atoms with Crippen LogP contribution in [0.2, 0.25) is 5.02 Å². The summed E-state index contributed by atoms with van der Waals surface area (Å²) in [6.07, 6.45) is 0. The lowest BCUT2D eigenvalue weighted by Crippen LogP contribution is -2.11. The lowest BCUT2D eigenvalue weighted by Gasteiger charge is -2.11. The van der Waals surface area contributed by atoms with Crippen molar-refractivity contribution in [2.75, 3.05) is 21.3 Å². The molecular weight excluding hydrogens is 218 g/mol. The average molecular weight is 232 g/mol. The molecule has 0 aliphatic rings. The van der Waals surface area contributed by atoms with Crippen LogP contribution in [0, 0.1) is 0 Å². The van der Waals surface area contributed by atoms with Gasteiger partial charge in [-0.25, -0.2) is 0 Å². The van der Waals surface area contributed by atoms with E-state index in [1.165, 1.54) is 0 Å². The molecule has 0 amide bonds. The van der Waals surface area contributed by atoms with Crippen molar-refractivity contribution in [2.45, 2.75) is 6.54 Å². The van der Waals surface area contributed by atoms with E-state index in [-0.39, 0.29) is 0 Å². The van der Waals surface area contributed by atoms with E-state index in [1.807, 2.05) is 6.07 Å². The minimum atomic E-state index is 0.521. The molecule has 0 aromatic heterocycles. The van der Waals surface area contributed by atoms with E-state index < -0.39 is 0 Å². The first-order valence-corrected chi connectivity index (χ1v) is 4.77. The van der Waals surface area contributed by atoms with Gasteiger partial charge in [0.25, 0.3) is 0 Å². The van der Waals surface area contributed by atoms with Crippen molar-refractivity contribution in [3.63, 3.8) is 0 Å². The molecule has 0 atom stereocenters. The third-order valence-corrected chi connectivity index (χ3v) is 2.26. The third-order valence-electron chi connectivity index (χ3n) is 1.96. The number of hydrogen-bond donors (Lipinski definition) is 1. The van der Waals surface area contributed by atoms with Gasteiger partial charge in [-0.05, 0) is 6.07 Å². The number of rotatable bonds is 5. The predicted octanol–water partition coefficient (Wildman–Crippen LogP) is 2.01. The van der Waals surface area contributed by atoms with Crippen molar-refractivity contribution in [3.8, 4) is 11.5 Å². The average Bonchev–Trinajstić information content (AvgIpc) is 2.26. The van der Waals surface area contributed by atoms with Gasteiger partial charge in [0.1, 0.15) is 11.5 Å². The Balaban J connectivity index is 2.99. The van der Waals surface area contributed by atoms with Crippen LogP contribution in [0.3, 0.4) is 0 Å². The Morgan fingerprint density at radius 2 is 1.80 bits per heavy atom. The number of ether oxygens (including phenoxy) is 2. The SMILES string of the molecule is CONCc1cc(OC)c(Cl)cc1OC. The van der Waals surface area contributed by atoms with E-state index in [4.69, 9.17) is 25.9 Å². The normalized spacial score (nSPS) is 10.1. The lowest BCUT2D eigenvalue weighted by atomic mass is 10.2. The molecule has 0 bridgehead atoms. The second-order valence-electron chi connectivity index (χ2n) is 2.82. The molecule has 0 radical (unpaired) electrons. The standard InChI is InChI=1S/C10H14ClNO3/c1-13-9-5-8(11)10(14-2)4-7(9)6-12-15-3/h4-5,12H,6H2,1-3H3. The van der Waals surface area contributed by atoms with Crippen molar-refractivity contribution in [3.05, 3.63) is 22.7 Å². The maximum absolute atomic E-state index is 5.96. The fourth-order valence-electron chi connectivity index (χ4n) is 1.21. The minimum absolute atomic E-state index is 0.521. The molecule has 0 unspecified atom stereocenters. The van der Waals surface area contributed by atoms with Crippen LogP contribution in [0.1, 0.15) is 5.56 Å². The molecule has 1 N–H and O–H groups in total. The second kappa shape index (κ2) is 5.80. The van der Waals surface area contributed by atoms with Crippen LogP contribution >= 0.6 is 11.6 Å². The number of hydroxylamine groups is 1. The molecule has 15 heavy (non-hydrogen) atoms. The van der Waals surface area contributed by atoms with Crippen molar-refractivity contribution >= 4 is 11.6 Å². The maximum atomic E-state index is 5.96. The molecule has 0 aliphatic heterocycles. The van der Waals surface area contributed by atoms with E-state index in [1.54, 1.807) is 27.4 Å². The van der Waals surface area contributed by atoms with Gasteiger partial charge >= 0.3 is 0 Å². The largest absolute Gasteiger partial charge is 0.496 e. The Labute approximate surface area is 94.0 Å². The molecule has 1 rings (SSSR count). The van der Waals surface area contributed by atoms with Gasteiger partial charge in [-0.2, -0.15) is 5.48 Å². The van der Waals surface area contributed by atoms with Gasteiger partial charge in [0, 0.05) is 18.2 Å². The highest BCUT2D eigenvalue weighted by Gasteiger charge is 2.09. The van der Waals surface area contributed by atoms with Crippen LogP contribution in [0.25, 0.3) is 0 Å². The van der Waals surface area contributed by atoms with Gasteiger partial charge < -0.3 is 14.3 Å². The topological polar surface area (TPSA) is 39.7 Å². The summed E-state index contributed by atoms with van der Waals surface area (Å²) in [7, 11) is 4.72. The highest BCUT2D eigenvalue weighted by Crippen LogP contribution is 2.32. The molecule has 1 aromatic rings. The summed E-state index contributed by atoms with van der Waals surface area (Å²) < 4.78 is 10.3. The lowest BCUT2D eigenvalue weighted by molar-refractivity contribution is 0.0861. The monoisotopic (exact) mass is 231 g/mol. The second-order valence-corrected chi connectivity index (χ2v) is 3.23. The van der Waals surface area contributed by atoms with Gasteiger partial charge in [0.05, 0.1) is 26.4 Å². The van der Waals surface area contributed by atoms with E-state index >= 15 is 0 Å². The summed E-state index contributed by atoms with van der Waals surface area (Å²) in [6, 6.07) is 3.53. The van der Waals surface area contributed by atoms with Crippen molar-refractivity contribution in [1.29, 1.82) is 0 Å². The number of benzene rings is 1. The van der Waals surface area contributed by atoms with Crippen molar-refractivity contribution < 1.29 is 14.3 Å². The zero-order valence-electron chi connectivity index (χ0n) is 8.96. The highest BCUT2D eigenvalue weighted by atomic mass is 35.5. The highest BCUT2D eigenvalue weighted by molar-refractivity contribution is 6.32. The van der Waals surface area contributed by atoms with Crippen LogP contribution in [-0.4, -0.2) is 21.3 Å². The first-order chi connectivity index (χ1) is 7.22. The molecule has 1 aromatic carbocycles. The molecule has 84 valence electrons. The van der Waals surface area contributed by atoms with Gasteiger partial charge in [-0.1, -0.05) is 11.6 Å². The maximum Gasteiger partial charge on any atom is 0.138 e. The minimum Gasteiger partial charge on any atom is -0.496 e. The summed E-state index contributed by atoms with van der Waals surface area (Å²) >= 11 is 5.96. The number of methoxy groups -OCH3 is 2. The molecule has 4 nitrogen and oxygen atoms in total. The quantitative estimate of drug-likeness (QED) is 0.787. The predicted molar refractivity (Wildman–Crippen MR) is 58.4 cm³/mol. The molecule has 0 aliphatic carbocycles. The Morgan fingerprint density at radius 1 is 1.13 bits per heavy atom. The first-order valence-electron chi connectivity index (χ1n) is 4.39. The molecule has 0 saturated carbocycles. The van der Waals surface area contributed by atoms with E-state index in [9.17, 15) is 0 Å². The zero-order valence-corrected chi connectivity index (χ0v) is 9.72. The Hall–Kier alpha value is -0.970. The number of nitrogens with one attached hydrogen (secondary N) is 1. The molecular formula is C10H14ClNO3. The number of halogens is 1. The summed E-state index contributed by atoms with van der Waals surface area (Å²) in [5, 5.41) is 0.524. The molecule has 0 spiro atoms. The first kappa shape index (κ1) is 12.1.